The Morgan fingerprint density at radius 1 is 1.14 bits per heavy atom. The molecule has 0 spiro atoms. The van der Waals surface area contributed by atoms with Crippen LogP contribution in [0, 0.1) is 5.82 Å². The molecule has 5 rings (SSSR count). The molecule has 1 N–H and O–H groups in total. The standard InChI is InChI=1S/C25H23FN4O4S/c1-29-22(9-10-27-29)19-14-21(23(15-20(19)26)30-11-3-4-12-30)28-35(32,33)24-13-17(25(31)34-2)7-8-18(24)16-5-6-16/h3-4,7-16,28H,5-6H2,1-2H3. The molecule has 4 aromatic rings. The number of anilines is 1. The second-order valence-electron chi connectivity index (χ2n) is 8.40. The van der Waals surface area contributed by atoms with E-state index >= 15 is 4.39 Å². The minimum atomic E-state index is -4.15. The number of hydrogen-bond acceptors (Lipinski definition) is 5. The van der Waals surface area contributed by atoms with Crippen LogP contribution in [0.4, 0.5) is 10.1 Å². The van der Waals surface area contributed by atoms with E-state index < -0.39 is 21.8 Å². The van der Waals surface area contributed by atoms with E-state index in [2.05, 4.69) is 9.82 Å². The Hall–Kier alpha value is -3.92. The van der Waals surface area contributed by atoms with Crippen molar-refractivity contribution < 1.29 is 22.3 Å². The lowest BCUT2D eigenvalue weighted by molar-refractivity contribution is 0.0600. The summed E-state index contributed by atoms with van der Waals surface area (Å²) in [6.45, 7) is 0. The van der Waals surface area contributed by atoms with Crippen molar-refractivity contribution >= 4 is 21.7 Å². The number of nitrogens with zero attached hydrogens (tertiary/aromatic N) is 3. The van der Waals surface area contributed by atoms with Gasteiger partial charge in [-0.25, -0.2) is 17.6 Å². The molecule has 2 heterocycles. The first-order chi connectivity index (χ1) is 16.8. The highest BCUT2D eigenvalue weighted by atomic mass is 32.2. The van der Waals surface area contributed by atoms with Crippen LogP contribution in [0.25, 0.3) is 16.9 Å². The molecule has 8 nitrogen and oxygen atoms in total. The first kappa shape index (κ1) is 22.9. The van der Waals surface area contributed by atoms with Gasteiger partial charge < -0.3 is 9.30 Å². The van der Waals surface area contributed by atoms with Gasteiger partial charge in [-0.2, -0.15) is 5.10 Å². The van der Waals surface area contributed by atoms with Gasteiger partial charge in [-0.1, -0.05) is 6.07 Å². The maximum Gasteiger partial charge on any atom is 0.337 e. The molecule has 2 aromatic heterocycles. The molecular formula is C25H23FN4O4S. The molecule has 1 aliphatic rings. The number of methoxy groups -OCH3 is 1. The molecule has 0 unspecified atom stereocenters. The Kier molecular flexibility index (Phi) is 5.68. The molecule has 10 heteroatoms. The van der Waals surface area contributed by atoms with Crippen LogP contribution in [-0.2, 0) is 21.8 Å². The first-order valence-electron chi connectivity index (χ1n) is 11.0. The summed E-state index contributed by atoms with van der Waals surface area (Å²) in [7, 11) is -1.23. The number of sulfonamides is 1. The van der Waals surface area contributed by atoms with Crippen LogP contribution in [0.5, 0.6) is 0 Å². The summed E-state index contributed by atoms with van der Waals surface area (Å²) in [4.78, 5) is 12.1. The van der Waals surface area contributed by atoms with E-state index in [1.165, 1.54) is 30.0 Å². The van der Waals surface area contributed by atoms with Gasteiger partial charge in [0.1, 0.15) is 5.82 Å². The first-order valence-corrected chi connectivity index (χ1v) is 12.5. The van der Waals surface area contributed by atoms with Crippen molar-refractivity contribution in [2.75, 3.05) is 11.8 Å². The lowest BCUT2D eigenvalue weighted by Gasteiger charge is -2.18. The summed E-state index contributed by atoms with van der Waals surface area (Å²) in [5, 5.41) is 4.09. The second kappa shape index (κ2) is 8.70. The molecule has 0 radical (unpaired) electrons. The monoisotopic (exact) mass is 494 g/mol. The average Bonchev–Trinajstić information content (AvgIpc) is 3.37. The number of esters is 1. The van der Waals surface area contributed by atoms with Gasteiger partial charge >= 0.3 is 5.97 Å². The van der Waals surface area contributed by atoms with E-state index in [0.717, 1.165) is 12.8 Å². The molecule has 0 bridgehead atoms. The molecule has 0 aliphatic heterocycles. The quantitative estimate of drug-likeness (QED) is 0.382. The minimum absolute atomic E-state index is 0.00719. The second-order valence-corrected chi connectivity index (χ2v) is 10.1. The molecule has 180 valence electrons. The normalized spacial score (nSPS) is 13.6. The Morgan fingerprint density at radius 3 is 2.51 bits per heavy atom. The fourth-order valence-electron chi connectivity index (χ4n) is 4.13. The third kappa shape index (κ3) is 4.32. The number of carbonyl (C=O) groups excluding carboxylic acids is 1. The Labute approximate surface area is 202 Å². The van der Waals surface area contributed by atoms with Crippen LogP contribution in [0.1, 0.15) is 34.7 Å². The van der Waals surface area contributed by atoms with E-state index in [1.54, 1.807) is 60.5 Å². The zero-order chi connectivity index (χ0) is 24.7. The number of benzene rings is 2. The van der Waals surface area contributed by atoms with E-state index in [4.69, 9.17) is 4.74 Å². The SMILES string of the molecule is COC(=O)c1ccc(C2CC2)c(S(=O)(=O)Nc2cc(-c3ccnn3C)c(F)cc2-n2cccc2)c1. The van der Waals surface area contributed by atoms with Gasteiger partial charge in [0.25, 0.3) is 10.0 Å². The molecule has 1 saturated carbocycles. The van der Waals surface area contributed by atoms with Crippen molar-refractivity contribution in [3.8, 4) is 16.9 Å². The summed E-state index contributed by atoms with van der Waals surface area (Å²) in [5.74, 6) is -1.04. The summed E-state index contributed by atoms with van der Waals surface area (Å²) in [6, 6.07) is 12.5. The highest BCUT2D eigenvalue weighted by molar-refractivity contribution is 7.92. The maximum atomic E-state index is 15.2. The lowest BCUT2D eigenvalue weighted by Crippen LogP contribution is -2.18. The molecule has 1 aliphatic carbocycles. The smallest absolute Gasteiger partial charge is 0.337 e. The van der Waals surface area contributed by atoms with Gasteiger partial charge in [-0.3, -0.25) is 9.40 Å². The van der Waals surface area contributed by atoms with E-state index in [1.807, 2.05) is 0 Å². The molecule has 0 atom stereocenters. The highest BCUT2D eigenvalue weighted by Crippen LogP contribution is 2.43. The van der Waals surface area contributed by atoms with Crippen LogP contribution in [0.15, 0.2) is 72.0 Å². The molecule has 35 heavy (non-hydrogen) atoms. The average molecular weight is 495 g/mol. The van der Waals surface area contributed by atoms with Gasteiger partial charge in [0.15, 0.2) is 0 Å². The summed E-state index contributed by atoms with van der Waals surface area (Å²) >= 11 is 0. The van der Waals surface area contributed by atoms with E-state index in [-0.39, 0.29) is 27.6 Å². The number of rotatable bonds is 7. The minimum Gasteiger partial charge on any atom is -0.465 e. The molecular weight excluding hydrogens is 471 g/mol. The summed E-state index contributed by atoms with van der Waals surface area (Å²) in [6.07, 6.45) is 6.68. The van der Waals surface area contributed by atoms with Crippen molar-refractivity contribution in [2.45, 2.75) is 23.7 Å². The zero-order valence-electron chi connectivity index (χ0n) is 19.1. The van der Waals surface area contributed by atoms with Gasteiger partial charge in [0, 0.05) is 37.3 Å². The number of aromatic nitrogens is 3. The van der Waals surface area contributed by atoms with Crippen LogP contribution < -0.4 is 4.72 Å². The number of nitrogens with one attached hydrogen (secondary N) is 1. The van der Waals surface area contributed by atoms with Crippen LogP contribution in [0.2, 0.25) is 0 Å². The molecule has 0 amide bonds. The number of ether oxygens (including phenoxy) is 1. The third-order valence-corrected chi connectivity index (χ3v) is 7.47. The Morgan fingerprint density at radius 2 is 1.89 bits per heavy atom. The molecule has 1 fully saturated rings. The van der Waals surface area contributed by atoms with Gasteiger partial charge in [0.05, 0.1) is 34.6 Å². The summed E-state index contributed by atoms with van der Waals surface area (Å²) < 4.78 is 53.2. The molecule has 2 aromatic carbocycles. The van der Waals surface area contributed by atoms with Gasteiger partial charge in [0.2, 0.25) is 0 Å². The van der Waals surface area contributed by atoms with E-state index in [9.17, 15) is 13.2 Å². The van der Waals surface area contributed by atoms with Crippen molar-refractivity contribution in [3.63, 3.8) is 0 Å². The number of hydrogen-bond donors (Lipinski definition) is 1. The predicted molar refractivity (Wildman–Crippen MR) is 128 cm³/mol. The highest BCUT2D eigenvalue weighted by Gasteiger charge is 2.32. The topological polar surface area (TPSA) is 95.2 Å². The van der Waals surface area contributed by atoms with Crippen molar-refractivity contribution in [1.82, 2.24) is 14.3 Å². The van der Waals surface area contributed by atoms with Crippen LogP contribution in [-0.4, -0.2) is 35.8 Å². The lowest BCUT2D eigenvalue weighted by atomic mass is 10.1. The van der Waals surface area contributed by atoms with Crippen LogP contribution >= 0.6 is 0 Å². The van der Waals surface area contributed by atoms with Crippen molar-refractivity contribution in [2.24, 2.45) is 7.05 Å². The number of carbonyl (C=O) groups is 1. The predicted octanol–water partition coefficient (Wildman–Crippen LogP) is 4.48. The van der Waals surface area contributed by atoms with Gasteiger partial charge in [-0.05, 0) is 60.7 Å². The largest absolute Gasteiger partial charge is 0.465 e. The third-order valence-electron chi connectivity index (χ3n) is 6.05. The van der Waals surface area contributed by atoms with Crippen molar-refractivity contribution in [3.05, 3.63) is 84.1 Å². The Bertz CT molecular complexity index is 1520. The Balaban J connectivity index is 1.65. The number of halogens is 1. The summed E-state index contributed by atoms with van der Waals surface area (Å²) in [5.41, 5.74) is 1.97. The zero-order valence-corrected chi connectivity index (χ0v) is 19.9. The fraction of sp³-hybridized carbons (Fsp3) is 0.200. The molecule has 0 saturated heterocycles. The van der Waals surface area contributed by atoms with Crippen LogP contribution in [0.3, 0.4) is 0 Å². The van der Waals surface area contributed by atoms with Crippen molar-refractivity contribution in [1.29, 1.82) is 0 Å². The fourth-order valence-corrected chi connectivity index (χ4v) is 5.52. The van der Waals surface area contributed by atoms with E-state index in [0.29, 0.717) is 16.9 Å². The maximum absolute atomic E-state index is 15.2. The number of aryl methyl sites for hydroxylation is 1. The van der Waals surface area contributed by atoms with Gasteiger partial charge in [-0.15, -0.1) is 0 Å².